The monoisotopic (exact) mass is 439 g/mol. The van der Waals surface area contributed by atoms with Crippen molar-refractivity contribution < 1.29 is 14.4 Å². The molecule has 3 amide bonds. The Balaban J connectivity index is 1.23. The van der Waals surface area contributed by atoms with Gasteiger partial charge >= 0.3 is 0 Å². The molecule has 1 fully saturated rings. The first-order chi connectivity index (χ1) is 14.6. The Bertz CT molecular complexity index is 1030. The molecule has 2 aromatic carbocycles. The fraction of sp³-hybridized carbons (Fsp3) is 0.273. The highest BCUT2D eigenvalue weighted by Crippen LogP contribution is 2.31. The van der Waals surface area contributed by atoms with E-state index in [0.29, 0.717) is 37.9 Å². The van der Waals surface area contributed by atoms with Gasteiger partial charge in [-0.3, -0.25) is 19.3 Å². The van der Waals surface area contributed by atoms with E-state index in [1.807, 2.05) is 42.5 Å². The summed E-state index contributed by atoms with van der Waals surface area (Å²) >= 11 is 3.38. The minimum atomic E-state index is -0.153. The lowest BCUT2D eigenvalue weighted by molar-refractivity contribution is -0.138. The Morgan fingerprint density at radius 2 is 1.80 bits per heavy atom. The van der Waals surface area contributed by atoms with E-state index in [9.17, 15) is 14.4 Å². The molecule has 2 heterocycles. The third kappa shape index (κ3) is 4.88. The van der Waals surface area contributed by atoms with Gasteiger partial charge in [0.05, 0.1) is 10.2 Å². The Kier molecular flexibility index (Phi) is 6.44. The lowest BCUT2D eigenvalue weighted by Gasteiger charge is -2.13. The molecule has 1 aromatic heterocycles. The second-order valence-corrected chi connectivity index (χ2v) is 9.23. The van der Waals surface area contributed by atoms with Crippen LogP contribution in [0.3, 0.4) is 0 Å². The first kappa shape index (κ1) is 20.6. The van der Waals surface area contributed by atoms with Crippen molar-refractivity contribution in [2.75, 3.05) is 13.1 Å². The van der Waals surface area contributed by atoms with Crippen LogP contribution in [0.2, 0.25) is 0 Å². The largest absolute Gasteiger partial charge is 0.352 e. The highest BCUT2D eigenvalue weighted by molar-refractivity contribution is 8.00. The van der Waals surface area contributed by atoms with Crippen molar-refractivity contribution in [2.24, 2.45) is 0 Å². The van der Waals surface area contributed by atoms with Crippen LogP contribution in [-0.2, 0) is 15.3 Å². The number of carbonyl (C=O) groups excluding carboxylic acids is 3. The number of imide groups is 1. The molecular formula is C22H21N3O3S2. The molecule has 1 N–H and O–H groups in total. The number of nitrogens with one attached hydrogen (secondary N) is 1. The highest BCUT2D eigenvalue weighted by Gasteiger charge is 2.27. The van der Waals surface area contributed by atoms with Crippen molar-refractivity contribution in [1.82, 2.24) is 15.2 Å². The number of hydrogen-bond donors (Lipinski definition) is 1. The second kappa shape index (κ2) is 9.40. The zero-order chi connectivity index (χ0) is 20.9. The van der Waals surface area contributed by atoms with Crippen LogP contribution in [0.5, 0.6) is 0 Å². The Hall–Kier alpha value is -2.71. The maximum atomic E-state index is 12.3. The number of rotatable bonds is 8. The summed E-state index contributed by atoms with van der Waals surface area (Å²) in [6, 6.07) is 15.6. The average molecular weight is 440 g/mol. The average Bonchev–Trinajstić information content (AvgIpc) is 3.32. The normalized spacial score (nSPS) is 13.9. The summed E-state index contributed by atoms with van der Waals surface area (Å²) in [4.78, 5) is 41.3. The molecule has 154 valence electrons. The van der Waals surface area contributed by atoms with E-state index >= 15 is 0 Å². The fourth-order valence-corrected chi connectivity index (χ4v) is 5.25. The highest BCUT2D eigenvalue weighted by atomic mass is 32.2. The van der Waals surface area contributed by atoms with Gasteiger partial charge in [-0.05, 0) is 36.2 Å². The molecule has 0 saturated carbocycles. The van der Waals surface area contributed by atoms with Crippen molar-refractivity contribution in [3.8, 4) is 0 Å². The van der Waals surface area contributed by atoms with E-state index in [1.165, 1.54) is 9.60 Å². The summed E-state index contributed by atoms with van der Waals surface area (Å²) in [6.07, 6.45) is 1.16. The quantitative estimate of drug-likeness (QED) is 0.328. The van der Waals surface area contributed by atoms with Gasteiger partial charge in [-0.15, -0.1) is 11.3 Å². The van der Waals surface area contributed by atoms with Gasteiger partial charge in [0, 0.05) is 37.2 Å². The van der Waals surface area contributed by atoms with E-state index in [0.717, 1.165) is 21.2 Å². The van der Waals surface area contributed by atoms with Crippen molar-refractivity contribution in [1.29, 1.82) is 0 Å². The lowest BCUT2D eigenvalue weighted by Crippen LogP contribution is -2.33. The maximum Gasteiger partial charge on any atom is 0.251 e. The number of thioether (sulfide) groups is 1. The second-order valence-electron chi connectivity index (χ2n) is 6.98. The zero-order valence-corrected chi connectivity index (χ0v) is 17.9. The molecule has 0 atom stereocenters. The minimum absolute atomic E-state index is 0.120. The number of para-hydroxylation sites is 1. The SMILES string of the molecule is O=C(NCCCN1C(=O)CCC1=O)c1ccc(CSc2nc3ccccc3s2)cc1. The summed E-state index contributed by atoms with van der Waals surface area (Å²) in [6.45, 7) is 0.783. The molecule has 3 aromatic rings. The smallest absolute Gasteiger partial charge is 0.251 e. The number of fused-ring (bicyclic) bond motifs is 1. The van der Waals surface area contributed by atoms with Crippen LogP contribution in [0.1, 0.15) is 35.2 Å². The van der Waals surface area contributed by atoms with Crippen LogP contribution < -0.4 is 5.32 Å². The summed E-state index contributed by atoms with van der Waals surface area (Å²) in [5.74, 6) is 0.398. The van der Waals surface area contributed by atoms with E-state index in [4.69, 9.17) is 0 Å². The van der Waals surface area contributed by atoms with Gasteiger partial charge < -0.3 is 5.32 Å². The molecule has 6 nitrogen and oxygen atoms in total. The fourth-order valence-electron chi connectivity index (χ4n) is 3.22. The number of nitrogens with zero attached hydrogens (tertiary/aromatic N) is 2. The molecule has 0 spiro atoms. The van der Waals surface area contributed by atoms with Crippen LogP contribution in [-0.4, -0.2) is 40.7 Å². The number of aromatic nitrogens is 1. The van der Waals surface area contributed by atoms with Crippen LogP contribution in [0.25, 0.3) is 10.2 Å². The zero-order valence-electron chi connectivity index (χ0n) is 16.3. The van der Waals surface area contributed by atoms with Crippen LogP contribution in [0.4, 0.5) is 0 Å². The molecule has 0 unspecified atom stereocenters. The predicted molar refractivity (Wildman–Crippen MR) is 119 cm³/mol. The van der Waals surface area contributed by atoms with Gasteiger partial charge in [0.25, 0.3) is 5.91 Å². The van der Waals surface area contributed by atoms with Crippen molar-refractivity contribution in [3.63, 3.8) is 0 Å². The molecule has 30 heavy (non-hydrogen) atoms. The summed E-state index contributed by atoms with van der Waals surface area (Å²) in [5, 5.41) is 2.84. The number of amides is 3. The number of thiazole rings is 1. The van der Waals surface area contributed by atoms with E-state index in [-0.39, 0.29) is 17.7 Å². The Labute approximate surface area is 182 Å². The van der Waals surface area contributed by atoms with Gasteiger partial charge in [0.2, 0.25) is 11.8 Å². The standard InChI is InChI=1S/C22H21N3O3S2/c26-19-10-11-20(27)25(19)13-3-12-23-21(28)16-8-6-15(7-9-16)14-29-22-24-17-4-1-2-5-18(17)30-22/h1-2,4-9H,3,10-14H2,(H,23,28). The van der Waals surface area contributed by atoms with Crippen molar-refractivity contribution in [2.45, 2.75) is 29.4 Å². The Morgan fingerprint density at radius 3 is 2.53 bits per heavy atom. The topological polar surface area (TPSA) is 79.4 Å². The Morgan fingerprint density at radius 1 is 1.07 bits per heavy atom. The minimum Gasteiger partial charge on any atom is -0.352 e. The lowest BCUT2D eigenvalue weighted by atomic mass is 10.1. The molecular weight excluding hydrogens is 418 g/mol. The van der Waals surface area contributed by atoms with E-state index in [2.05, 4.69) is 16.4 Å². The summed E-state index contributed by atoms with van der Waals surface area (Å²) in [7, 11) is 0. The summed E-state index contributed by atoms with van der Waals surface area (Å²) < 4.78 is 2.22. The van der Waals surface area contributed by atoms with Crippen LogP contribution in [0, 0.1) is 0 Å². The van der Waals surface area contributed by atoms with Crippen LogP contribution in [0.15, 0.2) is 52.9 Å². The third-order valence-corrected chi connectivity index (χ3v) is 7.10. The van der Waals surface area contributed by atoms with Gasteiger partial charge in [-0.1, -0.05) is 36.0 Å². The maximum absolute atomic E-state index is 12.3. The molecule has 1 saturated heterocycles. The third-order valence-electron chi connectivity index (χ3n) is 4.85. The molecule has 1 aliphatic rings. The van der Waals surface area contributed by atoms with Crippen molar-refractivity contribution >= 4 is 51.0 Å². The van der Waals surface area contributed by atoms with Gasteiger partial charge in [-0.25, -0.2) is 4.98 Å². The van der Waals surface area contributed by atoms with Gasteiger partial charge in [-0.2, -0.15) is 0 Å². The van der Waals surface area contributed by atoms with E-state index in [1.54, 1.807) is 23.1 Å². The first-order valence-corrected chi connectivity index (χ1v) is 11.6. The molecule has 1 aliphatic heterocycles. The van der Waals surface area contributed by atoms with Crippen LogP contribution >= 0.6 is 23.1 Å². The molecule has 0 radical (unpaired) electrons. The predicted octanol–water partition coefficient (Wildman–Crippen LogP) is 3.86. The first-order valence-electron chi connectivity index (χ1n) is 9.79. The molecule has 0 bridgehead atoms. The van der Waals surface area contributed by atoms with Crippen molar-refractivity contribution in [3.05, 3.63) is 59.7 Å². The summed E-state index contributed by atoms with van der Waals surface area (Å²) in [5.41, 5.74) is 2.74. The molecule has 8 heteroatoms. The number of benzene rings is 2. The molecule has 0 aliphatic carbocycles. The number of likely N-dealkylation sites (tertiary alicyclic amines) is 1. The van der Waals surface area contributed by atoms with Gasteiger partial charge in [0.15, 0.2) is 4.34 Å². The number of hydrogen-bond acceptors (Lipinski definition) is 6. The molecule has 4 rings (SSSR count). The van der Waals surface area contributed by atoms with Gasteiger partial charge in [0.1, 0.15) is 0 Å². The number of carbonyl (C=O) groups is 3. The van der Waals surface area contributed by atoms with E-state index < -0.39 is 0 Å².